The summed E-state index contributed by atoms with van der Waals surface area (Å²) in [6, 6.07) is 14.3. The molecule has 0 aliphatic carbocycles. The Labute approximate surface area is 239 Å². The summed E-state index contributed by atoms with van der Waals surface area (Å²) in [6.07, 6.45) is 2.86. The van der Waals surface area contributed by atoms with Gasteiger partial charge in [-0.25, -0.2) is 17.8 Å². The van der Waals surface area contributed by atoms with Crippen LogP contribution in [0.25, 0.3) is 0 Å². The van der Waals surface area contributed by atoms with Crippen LogP contribution in [-0.2, 0) is 32.9 Å². The van der Waals surface area contributed by atoms with E-state index in [1.54, 1.807) is 18.2 Å². The first-order chi connectivity index (χ1) is 19.2. The van der Waals surface area contributed by atoms with Gasteiger partial charge >= 0.3 is 0 Å². The molecule has 10 heteroatoms. The summed E-state index contributed by atoms with van der Waals surface area (Å²) in [5, 5.41) is 2.92. The molecule has 2 heterocycles. The van der Waals surface area contributed by atoms with Gasteiger partial charge < -0.3 is 10.2 Å². The molecule has 4 rings (SSSR count). The Morgan fingerprint density at radius 2 is 1.73 bits per heavy atom. The minimum atomic E-state index is -3.45. The van der Waals surface area contributed by atoms with E-state index in [1.165, 1.54) is 18.2 Å². The predicted molar refractivity (Wildman–Crippen MR) is 154 cm³/mol. The van der Waals surface area contributed by atoms with Gasteiger partial charge in [-0.1, -0.05) is 55.0 Å². The molecular formula is C31H36F3N3O3S. The lowest BCUT2D eigenvalue weighted by Crippen LogP contribution is -2.36. The minimum Gasteiger partial charge on any atom is -0.356 e. The van der Waals surface area contributed by atoms with Crippen molar-refractivity contribution < 1.29 is 26.4 Å². The van der Waals surface area contributed by atoms with Crippen molar-refractivity contribution >= 4 is 21.6 Å². The molecule has 6 nitrogen and oxygen atoms in total. The van der Waals surface area contributed by atoms with Crippen LogP contribution in [0.3, 0.4) is 0 Å². The van der Waals surface area contributed by atoms with E-state index in [0.717, 1.165) is 31.6 Å². The maximum absolute atomic E-state index is 15.0. The zero-order chi connectivity index (χ0) is 29.9. The molecule has 0 radical (unpaired) electrons. The first-order valence-electron chi connectivity index (χ1n) is 13.6. The molecule has 1 unspecified atom stereocenters. The number of carbonyl (C=O) groups excluding carboxylic acids is 1. The number of nitrogens with one attached hydrogen (secondary N) is 1. The van der Waals surface area contributed by atoms with Crippen LogP contribution in [-0.4, -0.2) is 38.7 Å². The highest BCUT2D eigenvalue weighted by molar-refractivity contribution is 7.89. The summed E-state index contributed by atoms with van der Waals surface area (Å²) in [7, 11) is -3.45. The van der Waals surface area contributed by atoms with E-state index in [1.807, 2.05) is 30.0 Å². The number of rotatable bonds is 9. The van der Waals surface area contributed by atoms with Gasteiger partial charge in [0, 0.05) is 43.9 Å². The number of hydrogen-bond donors (Lipinski definition) is 1. The molecule has 1 aliphatic heterocycles. The molecule has 3 aromatic rings. The molecule has 1 N–H and O–H groups in total. The van der Waals surface area contributed by atoms with Gasteiger partial charge in [-0.15, -0.1) is 0 Å². The predicted octanol–water partition coefficient (Wildman–Crippen LogP) is 5.87. The van der Waals surface area contributed by atoms with Crippen LogP contribution < -0.4 is 10.2 Å². The Morgan fingerprint density at radius 3 is 2.34 bits per heavy atom. The maximum Gasteiger partial charge on any atom is 0.287 e. The van der Waals surface area contributed by atoms with Crippen LogP contribution in [0.15, 0.2) is 54.6 Å². The Morgan fingerprint density at radius 1 is 1.07 bits per heavy atom. The summed E-state index contributed by atoms with van der Waals surface area (Å²) in [4.78, 5) is 20.0. The van der Waals surface area contributed by atoms with Crippen molar-refractivity contribution in [2.45, 2.75) is 57.8 Å². The van der Waals surface area contributed by atoms with E-state index in [2.05, 4.69) is 17.2 Å². The quantitative estimate of drug-likeness (QED) is 0.339. The SMILES string of the molecule is Cc1cccc(C(C(=O)NCc2ccc(C(C)(F)F)nc2N2CCC(C)CC2)c2ccc(CS(C)(=O)=O)c(F)c2)c1. The largest absolute Gasteiger partial charge is 0.356 e. The molecule has 220 valence electrons. The number of halogens is 3. The van der Waals surface area contributed by atoms with Crippen molar-refractivity contribution in [2.24, 2.45) is 5.92 Å². The number of anilines is 1. The smallest absolute Gasteiger partial charge is 0.287 e. The third-order valence-corrected chi connectivity index (χ3v) is 8.24. The summed E-state index contributed by atoms with van der Waals surface area (Å²) < 4.78 is 66.7. The molecule has 2 aromatic carbocycles. The second kappa shape index (κ2) is 12.2. The summed E-state index contributed by atoms with van der Waals surface area (Å²) in [6.45, 7) is 6.25. The number of carbonyl (C=O) groups is 1. The number of pyridine rings is 1. The van der Waals surface area contributed by atoms with E-state index in [9.17, 15) is 26.4 Å². The zero-order valence-electron chi connectivity index (χ0n) is 23.8. The van der Waals surface area contributed by atoms with Gasteiger partial charge in [0.15, 0.2) is 9.84 Å². The number of alkyl halides is 2. The molecule has 0 saturated carbocycles. The summed E-state index contributed by atoms with van der Waals surface area (Å²) >= 11 is 0. The van der Waals surface area contributed by atoms with Crippen molar-refractivity contribution in [1.82, 2.24) is 10.3 Å². The van der Waals surface area contributed by atoms with Gasteiger partial charge in [0.25, 0.3) is 5.92 Å². The lowest BCUT2D eigenvalue weighted by atomic mass is 9.89. The third kappa shape index (κ3) is 7.87. The second-order valence-corrected chi connectivity index (χ2v) is 13.4. The highest BCUT2D eigenvalue weighted by atomic mass is 32.2. The Bertz CT molecular complexity index is 1510. The Balaban J connectivity index is 1.65. The van der Waals surface area contributed by atoms with Crippen LogP contribution in [0.2, 0.25) is 0 Å². The number of amides is 1. The van der Waals surface area contributed by atoms with Gasteiger partial charge in [-0.3, -0.25) is 4.79 Å². The van der Waals surface area contributed by atoms with Gasteiger partial charge in [0.2, 0.25) is 5.91 Å². The van der Waals surface area contributed by atoms with Crippen LogP contribution >= 0.6 is 0 Å². The number of sulfone groups is 1. The number of aryl methyl sites for hydroxylation is 1. The highest BCUT2D eigenvalue weighted by Crippen LogP contribution is 2.32. The molecule has 1 aliphatic rings. The monoisotopic (exact) mass is 587 g/mol. The molecule has 1 fully saturated rings. The fourth-order valence-corrected chi connectivity index (χ4v) is 5.92. The van der Waals surface area contributed by atoms with Crippen molar-refractivity contribution in [3.8, 4) is 0 Å². The number of aromatic nitrogens is 1. The fourth-order valence-electron chi connectivity index (χ4n) is 5.13. The first kappa shape index (κ1) is 30.6. The van der Waals surface area contributed by atoms with Gasteiger partial charge in [0.05, 0.1) is 11.7 Å². The van der Waals surface area contributed by atoms with E-state index in [-0.39, 0.29) is 17.8 Å². The summed E-state index contributed by atoms with van der Waals surface area (Å²) in [5.74, 6) is -4.59. The van der Waals surface area contributed by atoms with E-state index < -0.39 is 39.2 Å². The molecule has 41 heavy (non-hydrogen) atoms. The lowest BCUT2D eigenvalue weighted by Gasteiger charge is -2.33. The molecule has 1 saturated heterocycles. The van der Waals surface area contributed by atoms with Crippen LogP contribution in [0.1, 0.15) is 66.1 Å². The molecule has 1 atom stereocenters. The molecular weight excluding hydrogens is 551 g/mol. The average Bonchev–Trinajstić information content (AvgIpc) is 2.88. The van der Waals surface area contributed by atoms with Crippen LogP contribution in [0.4, 0.5) is 19.0 Å². The van der Waals surface area contributed by atoms with Crippen molar-refractivity contribution in [3.63, 3.8) is 0 Å². The molecule has 0 spiro atoms. The number of benzene rings is 2. The number of nitrogens with zero attached hydrogens (tertiary/aromatic N) is 2. The van der Waals surface area contributed by atoms with Gasteiger partial charge in [-0.2, -0.15) is 8.78 Å². The van der Waals surface area contributed by atoms with E-state index in [4.69, 9.17) is 0 Å². The fraction of sp³-hybridized carbons (Fsp3) is 0.419. The van der Waals surface area contributed by atoms with E-state index >= 15 is 0 Å². The molecule has 1 amide bonds. The minimum absolute atomic E-state index is 0.0269. The highest BCUT2D eigenvalue weighted by Gasteiger charge is 2.30. The first-order valence-corrected chi connectivity index (χ1v) is 15.7. The lowest BCUT2D eigenvalue weighted by molar-refractivity contribution is -0.121. The third-order valence-electron chi connectivity index (χ3n) is 7.41. The van der Waals surface area contributed by atoms with Crippen LogP contribution in [0, 0.1) is 18.7 Å². The van der Waals surface area contributed by atoms with E-state index in [0.29, 0.717) is 41.5 Å². The van der Waals surface area contributed by atoms with Crippen molar-refractivity contribution in [1.29, 1.82) is 0 Å². The Hall–Kier alpha value is -3.40. The second-order valence-electron chi connectivity index (χ2n) is 11.2. The van der Waals surface area contributed by atoms with Crippen molar-refractivity contribution in [2.75, 3.05) is 24.2 Å². The average molecular weight is 588 g/mol. The number of hydrogen-bond acceptors (Lipinski definition) is 5. The number of piperidine rings is 1. The normalized spacial score (nSPS) is 15.5. The Kier molecular flexibility index (Phi) is 9.11. The molecule has 1 aromatic heterocycles. The summed E-state index contributed by atoms with van der Waals surface area (Å²) in [5.41, 5.74) is 2.23. The van der Waals surface area contributed by atoms with Crippen LogP contribution in [0.5, 0.6) is 0 Å². The maximum atomic E-state index is 15.0. The van der Waals surface area contributed by atoms with Crippen molar-refractivity contribution in [3.05, 3.63) is 93.9 Å². The standard InChI is InChI=1S/C31H36F3N3O3S/c1-20-12-14-37(15-13-20)29-24(10-11-27(36-29)31(3,33)34)18-35-30(38)28(22-7-5-6-21(2)16-22)23-8-9-25(26(32)17-23)19-41(4,39)40/h5-11,16-17,20,28H,12-15,18-19H2,1-4H3,(H,35,38). The molecule has 0 bridgehead atoms. The van der Waals surface area contributed by atoms with Gasteiger partial charge in [-0.05, 0) is 48.9 Å². The van der Waals surface area contributed by atoms with Gasteiger partial charge in [0.1, 0.15) is 17.3 Å². The zero-order valence-corrected chi connectivity index (χ0v) is 24.6. The topological polar surface area (TPSA) is 79.4 Å².